The molecule has 0 radical (unpaired) electrons. The van der Waals surface area contributed by atoms with Gasteiger partial charge in [0.25, 0.3) is 5.91 Å². The number of amides is 1. The minimum Gasteiger partial charge on any atom is -0.506 e. The molecule has 4 aromatic rings. The molecule has 0 fully saturated rings. The Hall–Kier alpha value is -4.91. The molecule has 1 atom stereocenters. The van der Waals surface area contributed by atoms with Crippen molar-refractivity contribution in [2.75, 3.05) is 16.0 Å². The average molecular weight is 685 g/mol. The Morgan fingerprint density at radius 3 is 2.40 bits per heavy atom. The number of rotatable bonds is 5. The van der Waals surface area contributed by atoms with E-state index in [1.54, 1.807) is 38.1 Å². The highest BCUT2D eigenvalue weighted by molar-refractivity contribution is 7.95. The summed E-state index contributed by atoms with van der Waals surface area (Å²) >= 11 is 0. The normalized spacial score (nSPS) is 18.3. The zero-order chi connectivity index (χ0) is 34.6. The van der Waals surface area contributed by atoms with Crippen molar-refractivity contribution in [1.29, 1.82) is 0 Å². The van der Waals surface area contributed by atoms with Crippen LogP contribution in [0.3, 0.4) is 0 Å². The Kier molecular flexibility index (Phi) is 8.22. The predicted molar refractivity (Wildman–Crippen MR) is 169 cm³/mol. The SMILES string of the molecule is CC1(C)CC2=C(C(c3ccc(OCc4ccccc4)cc3F)N(C(=O)c3cc(C(F)(F)F)ccc3F)c3cccc(O)c3N2)S(=O)(=O)C1. The third kappa shape index (κ3) is 6.21. The number of phenols is 1. The van der Waals surface area contributed by atoms with Gasteiger partial charge in [0, 0.05) is 17.3 Å². The van der Waals surface area contributed by atoms with Gasteiger partial charge in [0.1, 0.15) is 41.5 Å². The van der Waals surface area contributed by atoms with Gasteiger partial charge in [-0.25, -0.2) is 17.2 Å². The van der Waals surface area contributed by atoms with E-state index in [0.717, 1.165) is 16.5 Å². The number of phenolic OH excluding ortho intramolecular Hbond substituents is 1. The van der Waals surface area contributed by atoms with Crippen LogP contribution in [-0.2, 0) is 22.6 Å². The van der Waals surface area contributed by atoms with Crippen LogP contribution in [0.15, 0.2) is 95.5 Å². The summed E-state index contributed by atoms with van der Waals surface area (Å²) in [5, 5.41) is 13.9. The molecule has 6 rings (SSSR count). The molecule has 4 aromatic carbocycles. The summed E-state index contributed by atoms with van der Waals surface area (Å²) in [4.78, 5) is 14.7. The topological polar surface area (TPSA) is 95.9 Å². The van der Waals surface area contributed by atoms with Gasteiger partial charge in [-0.2, -0.15) is 13.2 Å². The molecule has 13 heteroatoms. The molecule has 2 heterocycles. The maximum absolute atomic E-state index is 16.3. The lowest BCUT2D eigenvalue weighted by atomic mass is 9.88. The number of nitrogens with zero attached hydrogens (tertiary/aromatic N) is 1. The Labute approximate surface area is 273 Å². The second-order valence-electron chi connectivity index (χ2n) is 12.5. The zero-order valence-electron chi connectivity index (χ0n) is 25.6. The summed E-state index contributed by atoms with van der Waals surface area (Å²) in [5.41, 5.74) is -3.11. The summed E-state index contributed by atoms with van der Waals surface area (Å²) < 4.78 is 107. The number of alkyl halides is 3. The van der Waals surface area contributed by atoms with Gasteiger partial charge in [0.15, 0.2) is 9.84 Å². The van der Waals surface area contributed by atoms with Gasteiger partial charge in [0.2, 0.25) is 0 Å². The lowest BCUT2D eigenvalue weighted by Crippen LogP contribution is -2.41. The summed E-state index contributed by atoms with van der Waals surface area (Å²) in [6, 6.07) is 15.9. The average Bonchev–Trinajstić information content (AvgIpc) is 3.14. The number of aromatic hydroxyl groups is 1. The van der Waals surface area contributed by atoms with Gasteiger partial charge < -0.3 is 15.2 Å². The van der Waals surface area contributed by atoms with Gasteiger partial charge in [0.05, 0.1) is 27.5 Å². The van der Waals surface area contributed by atoms with Gasteiger partial charge in [-0.1, -0.05) is 50.2 Å². The molecule has 0 saturated heterocycles. The third-order valence-electron chi connectivity index (χ3n) is 8.19. The van der Waals surface area contributed by atoms with E-state index in [-0.39, 0.29) is 41.4 Å². The lowest BCUT2D eigenvalue weighted by Gasteiger charge is -2.37. The van der Waals surface area contributed by atoms with Crippen molar-refractivity contribution in [3.8, 4) is 11.5 Å². The number of allylic oxidation sites excluding steroid dienone is 1. The van der Waals surface area contributed by atoms with Crippen LogP contribution in [-0.4, -0.2) is 25.2 Å². The maximum Gasteiger partial charge on any atom is 0.416 e. The van der Waals surface area contributed by atoms with E-state index in [4.69, 9.17) is 4.74 Å². The molecule has 7 nitrogen and oxygen atoms in total. The molecule has 2 aliphatic heterocycles. The summed E-state index contributed by atoms with van der Waals surface area (Å²) in [6.07, 6.45) is -4.87. The van der Waals surface area contributed by atoms with E-state index in [1.807, 2.05) is 6.07 Å². The molecular weight excluding hydrogens is 655 g/mol. The molecule has 250 valence electrons. The monoisotopic (exact) mass is 684 g/mol. The van der Waals surface area contributed by atoms with Crippen LogP contribution in [0.4, 0.5) is 33.3 Å². The van der Waals surface area contributed by atoms with Crippen molar-refractivity contribution in [2.45, 2.75) is 39.1 Å². The fourth-order valence-electron chi connectivity index (χ4n) is 6.16. The molecule has 1 amide bonds. The summed E-state index contributed by atoms with van der Waals surface area (Å²) in [6.45, 7) is 3.47. The molecule has 2 N–H and O–H groups in total. The second kappa shape index (κ2) is 12.0. The fourth-order valence-corrected chi connectivity index (χ4v) is 8.52. The molecule has 0 bridgehead atoms. The van der Waals surface area contributed by atoms with Crippen LogP contribution in [0.1, 0.15) is 53.4 Å². The number of fused-ring (bicyclic) bond motifs is 1. The van der Waals surface area contributed by atoms with Crippen molar-refractivity contribution in [2.24, 2.45) is 5.41 Å². The lowest BCUT2D eigenvalue weighted by molar-refractivity contribution is -0.137. The number of carbonyl (C=O) groups is 1. The molecular formula is C35H29F5N2O5S. The first-order valence-electron chi connectivity index (χ1n) is 14.8. The second-order valence-corrected chi connectivity index (χ2v) is 14.4. The molecule has 0 aromatic heterocycles. The van der Waals surface area contributed by atoms with E-state index >= 15 is 8.78 Å². The standard InChI is InChI=1S/C35H29F5N2O5S/c1-34(2)17-27-32(48(45,46)19-34)31(23-13-12-22(16-26(23)37)47-18-20-7-4-3-5-8-20)42(28-9-6-10-29(43)30(28)41-27)33(44)24-15-21(35(38,39)40)11-14-25(24)36/h3-16,31,41,43H,17-19H2,1-2H3. The zero-order valence-corrected chi connectivity index (χ0v) is 26.4. The first kappa shape index (κ1) is 33.0. The minimum absolute atomic E-state index is 0.0441. The van der Waals surface area contributed by atoms with Gasteiger partial charge in [-0.3, -0.25) is 9.69 Å². The number of ether oxygens (including phenoxy) is 1. The van der Waals surface area contributed by atoms with Crippen LogP contribution in [0.25, 0.3) is 0 Å². The molecule has 0 aliphatic carbocycles. The van der Waals surface area contributed by atoms with Crippen molar-refractivity contribution >= 4 is 27.1 Å². The number of halogens is 5. The summed E-state index contributed by atoms with van der Waals surface area (Å²) in [5.74, 6) is -4.49. The summed E-state index contributed by atoms with van der Waals surface area (Å²) in [7, 11) is -4.34. The molecule has 2 aliphatic rings. The Bertz CT molecular complexity index is 2060. The molecule has 0 saturated carbocycles. The molecule has 48 heavy (non-hydrogen) atoms. The first-order valence-corrected chi connectivity index (χ1v) is 16.4. The number of nitrogens with one attached hydrogen (secondary N) is 1. The van der Waals surface area contributed by atoms with Crippen LogP contribution >= 0.6 is 0 Å². The van der Waals surface area contributed by atoms with E-state index in [2.05, 4.69) is 5.32 Å². The largest absolute Gasteiger partial charge is 0.506 e. The predicted octanol–water partition coefficient (Wildman–Crippen LogP) is 8.14. The fraction of sp³-hybridized carbons (Fsp3) is 0.229. The van der Waals surface area contributed by atoms with Gasteiger partial charge >= 0.3 is 6.18 Å². The number of para-hydroxylation sites is 1. The third-order valence-corrected chi connectivity index (χ3v) is 10.5. The number of hydrogen-bond donors (Lipinski definition) is 2. The van der Waals surface area contributed by atoms with Gasteiger partial charge in [-0.05, 0) is 59.9 Å². The Morgan fingerprint density at radius 1 is 0.979 bits per heavy atom. The van der Waals surface area contributed by atoms with Crippen LogP contribution in [0.5, 0.6) is 11.5 Å². The van der Waals surface area contributed by atoms with E-state index < -0.39 is 72.5 Å². The highest BCUT2D eigenvalue weighted by atomic mass is 32.2. The van der Waals surface area contributed by atoms with Crippen LogP contribution < -0.4 is 15.0 Å². The van der Waals surface area contributed by atoms with Crippen molar-refractivity contribution in [3.05, 3.63) is 129 Å². The Balaban J connectivity index is 1.59. The number of hydrogen-bond acceptors (Lipinski definition) is 6. The van der Waals surface area contributed by atoms with Crippen LogP contribution in [0, 0.1) is 17.0 Å². The first-order chi connectivity index (χ1) is 22.6. The highest BCUT2D eigenvalue weighted by Gasteiger charge is 2.48. The maximum atomic E-state index is 16.3. The van der Waals surface area contributed by atoms with Crippen molar-refractivity contribution in [3.63, 3.8) is 0 Å². The van der Waals surface area contributed by atoms with Crippen molar-refractivity contribution < 1.29 is 45.0 Å². The van der Waals surface area contributed by atoms with Crippen LogP contribution in [0.2, 0.25) is 0 Å². The molecule has 0 spiro atoms. The minimum atomic E-state index is -4.95. The number of sulfone groups is 1. The molecule has 1 unspecified atom stereocenters. The Morgan fingerprint density at radius 2 is 1.71 bits per heavy atom. The van der Waals surface area contributed by atoms with E-state index in [9.17, 15) is 31.5 Å². The van der Waals surface area contributed by atoms with E-state index in [0.29, 0.717) is 18.2 Å². The van der Waals surface area contributed by atoms with Crippen molar-refractivity contribution in [1.82, 2.24) is 0 Å². The van der Waals surface area contributed by atoms with Gasteiger partial charge in [-0.15, -0.1) is 0 Å². The number of benzene rings is 4. The highest BCUT2D eigenvalue weighted by Crippen LogP contribution is 2.52. The number of anilines is 2. The smallest absolute Gasteiger partial charge is 0.416 e. The number of carbonyl (C=O) groups excluding carboxylic acids is 1. The van der Waals surface area contributed by atoms with E-state index in [1.165, 1.54) is 30.3 Å². The quantitative estimate of drug-likeness (QED) is 0.163.